The van der Waals surface area contributed by atoms with Crippen LogP contribution in [0, 0.1) is 0 Å². The fourth-order valence-corrected chi connectivity index (χ4v) is 22.9. The van der Waals surface area contributed by atoms with Gasteiger partial charge in [-0.2, -0.15) is 0 Å². The second-order valence-corrected chi connectivity index (χ2v) is 31.0. The van der Waals surface area contributed by atoms with Crippen molar-refractivity contribution in [2.45, 2.75) is 16.2 Å². The minimum atomic E-state index is -0.723. The molecule has 0 bridgehead atoms. The molecule has 17 aromatic carbocycles. The number of benzene rings is 17. The first-order chi connectivity index (χ1) is 54.1. The van der Waals surface area contributed by atoms with Gasteiger partial charge in [0.05, 0.1) is 38.7 Å². The molecule has 0 saturated heterocycles. The highest BCUT2D eigenvalue weighted by Crippen LogP contribution is 2.69. The Morgan fingerprint density at radius 3 is 1.17 bits per heavy atom. The van der Waals surface area contributed by atoms with E-state index >= 15 is 0 Å². The molecule has 8 aliphatic rings. The predicted octanol–water partition coefficient (Wildman–Crippen LogP) is 23.6. The summed E-state index contributed by atoms with van der Waals surface area (Å²) in [6, 6.07) is 146. The van der Waals surface area contributed by atoms with Crippen LogP contribution in [0.3, 0.4) is 0 Å². The van der Waals surface area contributed by atoms with E-state index in [0.717, 1.165) is 45.2 Å². The van der Waals surface area contributed by atoms with Crippen LogP contribution in [0.25, 0.3) is 105 Å². The molecule has 6 aliphatic carbocycles. The molecular formula is C105H62BN3. The van der Waals surface area contributed by atoms with Crippen LogP contribution in [0.15, 0.2) is 376 Å². The summed E-state index contributed by atoms with van der Waals surface area (Å²) >= 11 is 0. The average Bonchev–Trinajstić information content (AvgIpc) is 1.57. The van der Waals surface area contributed by atoms with Crippen LogP contribution in [0.4, 0.5) is 34.1 Å². The molecule has 18 aromatic rings. The number of rotatable bonds is 4. The fraction of sp³-hybridized carbons (Fsp3) is 0.0286. The Kier molecular flexibility index (Phi) is 11.2. The van der Waals surface area contributed by atoms with Crippen LogP contribution in [-0.2, 0) is 16.2 Å². The maximum Gasteiger partial charge on any atom is 0.252 e. The SMILES string of the molecule is c1ccc(-c2ccc3c(c2)B2c4ccc5c(c4N(c4ccc6c(c4)-c4ccccc4C64c6ccccc6-c6ccccc64)c4cc(-n6c7ccccc7c7ccccc76)cc(c42)N3c2cccc3c2-c2ccccc2C32c3ccccc3-c3ccccc32)C2(c3ccccc3-c3ccccc32)c2ccccc2-5)cc1. The summed E-state index contributed by atoms with van der Waals surface area (Å²) in [6.45, 7) is -0.273. The molecule has 4 heteroatoms. The van der Waals surface area contributed by atoms with Crippen molar-refractivity contribution in [3.8, 4) is 83.6 Å². The van der Waals surface area contributed by atoms with E-state index in [1.165, 1.54) is 177 Å². The molecule has 0 saturated carbocycles. The second kappa shape index (κ2) is 20.8. The van der Waals surface area contributed by atoms with Gasteiger partial charge in [0.25, 0.3) is 6.71 Å². The lowest BCUT2D eigenvalue weighted by Crippen LogP contribution is -2.62. The number of hydrogen-bond acceptors (Lipinski definition) is 2. The second-order valence-electron chi connectivity index (χ2n) is 31.0. The van der Waals surface area contributed by atoms with Crippen molar-refractivity contribution in [1.29, 1.82) is 0 Å². The molecule has 0 fully saturated rings. The van der Waals surface area contributed by atoms with Crippen molar-refractivity contribution in [3.63, 3.8) is 0 Å². The summed E-state index contributed by atoms with van der Waals surface area (Å²) in [5, 5.41) is 2.44. The van der Waals surface area contributed by atoms with Crippen LogP contribution in [-0.4, -0.2) is 11.3 Å². The van der Waals surface area contributed by atoms with E-state index in [1.807, 2.05) is 0 Å². The zero-order valence-corrected chi connectivity index (χ0v) is 59.2. The first-order valence-corrected chi connectivity index (χ1v) is 38.4. The van der Waals surface area contributed by atoms with Gasteiger partial charge in [-0.3, -0.25) is 0 Å². The number of aromatic nitrogens is 1. The molecule has 500 valence electrons. The Hall–Kier alpha value is -13.8. The zero-order chi connectivity index (χ0) is 70.7. The Bertz CT molecular complexity index is 6960. The normalized spacial score (nSPS) is 15.0. The summed E-state index contributed by atoms with van der Waals surface area (Å²) in [7, 11) is 0. The number of hydrogen-bond donors (Lipinski definition) is 0. The Morgan fingerprint density at radius 2 is 0.633 bits per heavy atom. The lowest BCUT2D eigenvalue weighted by molar-refractivity contribution is 0.792. The molecule has 0 amide bonds. The van der Waals surface area contributed by atoms with Gasteiger partial charge in [0.1, 0.15) is 0 Å². The molecule has 3 nitrogen and oxygen atoms in total. The standard InChI is InChI=1S/C105H62BN3/c1-2-27-63(28-3-1)64-53-58-95-92(59-64)106-91-57-55-77-73-35-10-22-47-87(73)105(85-45-20-8-33-71(85)72-34-9-21-46-86(72)105)100(77)102(91)108(65-54-56-89-79(60-65)74-36-11-19-44-84(74)103(89)80-40-15-4-29-67(80)68-30-5-16-41-81(68)103)97-61-66(107-93-50-24-13-37-75(93)76-38-14-25-51-94(76)107)62-98(101(97)106)109(95)96-52-26-49-90-99(96)78-39-12-23-48-88(78)104(90)82-42-17-6-31-69(82)70-32-7-18-43-83(70)104/h1-62H. The van der Waals surface area contributed by atoms with Crippen molar-refractivity contribution in [1.82, 2.24) is 4.57 Å². The third kappa shape index (κ3) is 6.92. The maximum atomic E-state index is 2.80. The molecular weight excluding hydrogens is 1310 g/mol. The first-order valence-electron chi connectivity index (χ1n) is 38.4. The van der Waals surface area contributed by atoms with Crippen LogP contribution in [0.5, 0.6) is 0 Å². The minimum absolute atomic E-state index is 0.273. The van der Waals surface area contributed by atoms with Gasteiger partial charge in [-0.05, 0) is 198 Å². The molecule has 0 N–H and O–H groups in total. The van der Waals surface area contributed by atoms with Gasteiger partial charge in [0, 0.05) is 50.3 Å². The van der Waals surface area contributed by atoms with Gasteiger partial charge >= 0.3 is 0 Å². The van der Waals surface area contributed by atoms with E-state index in [1.54, 1.807) is 0 Å². The van der Waals surface area contributed by atoms with E-state index in [0.29, 0.717) is 0 Å². The molecule has 0 unspecified atom stereocenters. The van der Waals surface area contributed by atoms with Crippen molar-refractivity contribution >= 4 is 79.0 Å². The smallest absolute Gasteiger partial charge is 0.252 e. The average molecular weight is 1380 g/mol. The molecule has 0 atom stereocenters. The van der Waals surface area contributed by atoms with E-state index < -0.39 is 16.2 Å². The zero-order valence-electron chi connectivity index (χ0n) is 59.2. The molecule has 3 spiro atoms. The summed E-state index contributed by atoms with van der Waals surface area (Å²) < 4.78 is 2.58. The van der Waals surface area contributed by atoms with Crippen molar-refractivity contribution in [2.24, 2.45) is 0 Å². The van der Waals surface area contributed by atoms with Gasteiger partial charge in [-0.1, -0.05) is 328 Å². The number of nitrogens with zero attached hydrogens (tertiary/aromatic N) is 3. The third-order valence-electron chi connectivity index (χ3n) is 26.6. The van der Waals surface area contributed by atoms with Crippen molar-refractivity contribution < 1.29 is 0 Å². The Labute approximate surface area is 631 Å². The topological polar surface area (TPSA) is 11.4 Å². The van der Waals surface area contributed by atoms with Crippen LogP contribution >= 0.6 is 0 Å². The number of anilines is 6. The van der Waals surface area contributed by atoms with Crippen LogP contribution in [0.1, 0.15) is 66.8 Å². The molecule has 26 rings (SSSR count). The van der Waals surface area contributed by atoms with Crippen molar-refractivity contribution in [3.05, 3.63) is 443 Å². The highest BCUT2D eigenvalue weighted by Gasteiger charge is 2.59. The lowest BCUT2D eigenvalue weighted by atomic mass is 9.33. The largest absolute Gasteiger partial charge is 0.311 e. The summed E-state index contributed by atoms with van der Waals surface area (Å²) in [6.07, 6.45) is 0. The van der Waals surface area contributed by atoms with E-state index in [-0.39, 0.29) is 6.71 Å². The molecule has 0 radical (unpaired) electrons. The highest BCUT2D eigenvalue weighted by atomic mass is 15.2. The number of fused-ring (bicyclic) bond motifs is 38. The van der Waals surface area contributed by atoms with E-state index in [2.05, 4.69) is 390 Å². The fourth-order valence-electron chi connectivity index (χ4n) is 22.9. The van der Waals surface area contributed by atoms with E-state index in [9.17, 15) is 0 Å². The molecule has 1 aromatic heterocycles. The minimum Gasteiger partial charge on any atom is -0.311 e. The Balaban J connectivity index is 0.841. The summed E-state index contributed by atoms with van der Waals surface area (Å²) in [5.74, 6) is 0. The van der Waals surface area contributed by atoms with Crippen LogP contribution < -0.4 is 26.2 Å². The van der Waals surface area contributed by atoms with Crippen molar-refractivity contribution in [2.75, 3.05) is 9.80 Å². The lowest BCUT2D eigenvalue weighted by Gasteiger charge is -2.47. The molecule has 3 heterocycles. The van der Waals surface area contributed by atoms with Gasteiger partial charge < -0.3 is 14.4 Å². The van der Waals surface area contributed by atoms with E-state index in [4.69, 9.17) is 0 Å². The third-order valence-corrected chi connectivity index (χ3v) is 26.6. The number of para-hydroxylation sites is 2. The molecule has 2 aliphatic heterocycles. The van der Waals surface area contributed by atoms with Crippen LogP contribution in [0.2, 0.25) is 0 Å². The van der Waals surface area contributed by atoms with Gasteiger partial charge in [0.15, 0.2) is 0 Å². The quantitative estimate of drug-likeness (QED) is 0.163. The Morgan fingerprint density at radius 1 is 0.220 bits per heavy atom. The van der Waals surface area contributed by atoms with Gasteiger partial charge in [0.2, 0.25) is 0 Å². The van der Waals surface area contributed by atoms with Gasteiger partial charge in [-0.25, -0.2) is 0 Å². The van der Waals surface area contributed by atoms with Gasteiger partial charge in [-0.15, -0.1) is 0 Å². The molecule has 109 heavy (non-hydrogen) atoms. The first kappa shape index (κ1) is 58.5. The monoisotopic (exact) mass is 1380 g/mol. The summed E-state index contributed by atoms with van der Waals surface area (Å²) in [4.78, 5) is 5.53. The predicted molar refractivity (Wildman–Crippen MR) is 449 cm³/mol. The maximum absolute atomic E-state index is 2.80. The highest BCUT2D eigenvalue weighted by molar-refractivity contribution is 7.00. The summed E-state index contributed by atoms with van der Waals surface area (Å²) in [5.41, 5.74) is 45.8.